The molecule has 0 radical (unpaired) electrons. The predicted molar refractivity (Wildman–Crippen MR) is 158 cm³/mol. The van der Waals surface area contributed by atoms with Crippen LogP contribution in [0.15, 0.2) is 114 Å². The van der Waals surface area contributed by atoms with E-state index in [1.807, 2.05) is 66.7 Å². The highest BCUT2D eigenvalue weighted by atomic mass is 16.6. The molecule has 0 bridgehead atoms. The van der Waals surface area contributed by atoms with Crippen LogP contribution in [0.2, 0.25) is 0 Å². The Hall–Kier alpha value is -4.45. The average molecular weight is 534 g/mol. The van der Waals surface area contributed by atoms with Gasteiger partial charge in [-0.15, -0.1) is 0 Å². The highest BCUT2D eigenvalue weighted by molar-refractivity contribution is 6.42. The maximum Gasteiger partial charge on any atom is 0.362 e. The molecule has 1 aliphatic carbocycles. The lowest BCUT2D eigenvalue weighted by molar-refractivity contribution is -0.135. The van der Waals surface area contributed by atoms with Crippen molar-refractivity contribution < 1.29 is 14.4 Å². The van der Waals surface area contributed by atoms with E-state index in [0.717, 1.165) is 42.4 Å². The fourth-order valence-electron chi connectivity index (χ4n) is 5.30. The van der Waals surface area contributed by atoms with Gasteiger partial charge >= 0.3 is 5.97 Å². The number of hydrogen-bond donors (Lipinski definition) is 1. The number of nitrogens with zero attached hydrogens (tertiary/aromatic N) is 2. The molecule has 1 N–H and O–H groups in total. The normalized spacial score (nSPS) is 14.4. The first-order valence-corrected chi connectivity index (χ1v) is 14.0. The molecular formula is C34H35N3O3. The second-order valence-electron chi connectivity index (χ2n) is 9.91. The van der Waals surface area contributed by atoms with E-state index in [2.05, 4.69) is 46.9 Å². The van der Waals surface area contributed by atoms with Crippen molar-refractivity contribution in [2.45, 2.75) is 50.7 Å². The third-order valence-electron chi connectivity index (χ3n) is 7.24. The van der Waals surface area contributed by atoms with Crippen molar-refractivity contribution in [1.29, 1.82) is 0 Å². The molecule has 0 amide bonds. The van der Waals surface area contributed by atoms with Crippen molar-refractivity contribution in [2.24, 2.45) is 5.16 Å². The second-order valence-corrected chi connectivity index (χ2v) is 9.91. The average Bonchev–Trinajstić information content (AvgIpc) is 3.02. The minimum atomic E-state index is -0.755. The van der Waals surface area contributed by atoms with Crippen LogP contribution in [0.1, 0.15) is 61.4 Å². The van der Waals surface area contributed by atoms with E-state index in [-0.39, 0.29) is 18.4 Å². The summed E-state index contributed by atoms with van der Waals surface area (Å²) in [6, 6.07) is 36.5. The van der Waals surface area contributed by atoms with Crippen LogP contribution in [0.25, 0.3) is 0 Å². The highest BCUT2D eigenvalue weighted by Gasteiger charge is 2.37. The molecule has 40 heavy (non-hydrogen) atoms. The predicted octanol–water partition coefficient (Wildman–Crippen LogP) is 7.10. The summed E-state index contributed by atoms with van der Waals surface area (Å²) in [7, 11) is 0. The lowest BCUT2D eigenvalue weighted by atomic mass is 9.77. The summed E-state index contributed by atoms with van der Waals surface area (Å²) in [6.07, 6.45) is 5.28. The van der Waals surface area contributed by atoms with Crippen LogP contribution in [-0.2, 0) is 19.9 Å². The molecular weight excluding hydrogens is 498 g/mol. The molecule has 0 atom stereocenters. The Morgan fingerprint density at radius 1 is 0.800 bits per heavy atom. The molecule has 6 nitrogen and oxygen atoms in total. The number of oxime groups is 1. The van der Waals surface area contributed by atoms with E-state index in [4.69, 9.17) is 14.6 Å². The Labute approximate surface area is 236 Å². The van der Waals surface area contributed by atoms with Crippen LogP contribution >= 0.6 is 0 Å². The van der Waals surface area contributed by atoms with Crippen molar-refractivity contribution in [3.63, 3.8) is 0 Å². The third kappa shape index (κ3) is 6.07. The number of anilines is 1. The molecule has 4 aromatic rings. The zero-order chi connectivity index (χ0) is 27.6. The quantitative estimate of drug-likeness (QED) is 0.102. The number of hydrogen-bond acceptors (Lipinski definition) is 6. The molecule has 1 heterocycles. The van der Waals surface area contributed by atoms with Gasteiger partial charge < -0.3 is 14.9 Å². The number of nitrogens with one attached hydrogen (secondary N) is 1. The molecule has 204 valence electrons. The van der Waals surface area contributed by atoms with Crippen LogP contribution in [-0.4, -0.2) is 29.4 Å². The van der Waals surface area contributed by atoms with E-state index < -0.39 is 11.5 Å². The van der Waals surface area contributed by atoms with Gasteiger partial charge in [0, 0.05) is 0 Å². The van der Waals surface area contributed by atoms with Crippen molar-refractivity contribution in [2.75, 3.05) is 11.9 Å². The van der Waals surface area contributed by atoms with E-state index in [9.17, 15) is 4.79 Å². The lowest BCUT2D eigenvalue weighted by Crippen LogP contribution is -2.38. The zero-order valence-corrected chi connectivity index (χ0v) is 22.8. The highest BCUT2D eigenvalue weighted by Crippen LogP contribution is 2.39. The van der Waals surface area contributed by atoms with Gasteiger partial charge in [-0.05, 0) is 61.4 Å². The summed E-state index contributed by atoms with van der Waals surface area (Å²) >= 11 is 0. The third-order valence-corrected chi connectivity index (χ3v) is 7.24. The monoisotopic (exact) mass is 533 g/mol. The van der Waals surface area contributed by atoms with Gasteiger partial charge in [0.05, 0.1) is 6.61 Å². The van der Waals surface area contributed by atoms with Gasteiger partial charge in [0.25, 0.3) is 0 Å². The summed E-state index contributed by atoms with van der Waals surface area (Å²) in [5.74, 6) is 0.0344. The number of esters is 1. The zero-order valence-electron chi connectivity index (χ0n) is 22.8. The van der Waals surface area contributed by atoms with Crippen molar-refractivity contribution >= 4 is 17.5 Å². The van der Waals surface area contributed by atoms with Crippen molar-refractivity contribution in [3.05, 3.63) is 132 Å². The molecule has 1 saturated carbocycles. The second kappa shape index (κ2) is 13.1. The SMILES string of the molecule is CCOC(=O)/C(=N/OC1CCCCC1)c1cccc(NC(c2ccccc2)(c2ccccc2)c2ccccc2)n1. The van der Waals surface area contributed by atoms with E-state index in [0.29, 0.717) is 11.5 Å². The maximum atomic E-state index is 13.0. The topological polar surface area (TPSA) is 72.8 Å². The van der Waals surface area contributed by atoms with Crippen LogP contribution in [0.3, 0.4) is 0 Å². The fourth-order valence-corrected chi connectivity index (χ4v) is 5.30. The molecule has 0 saturated heterocycles. The molecule has 1 fully saturated rings. The van der Waals surface area contributed by atoms with E-state index >= 15 is 0 Å². The number of ether oxygens (including phenoxy) is 1. The Bertz CT molecular complexity index is 1310. The van der Waals surface area contributed by atoms with Crippen LogP contribution in [0.4, 0.5) is 5.82 Å². The van der Waals surface area contributed by atoms with Gasteiger partial charge in [0.1, 0.15) is 23.2 Å². The summed E-state index contributed by atoms with van der Waals surface area (Å²) in [5.41, 5.74) is 2.87. The minimum Gasteiger partial charge on any atom is -0.461 e. The van der Waals surface area contributed by atoms with Crippen molar-refractivity contribution in [1.82, 2.24) is 4.98 Å². The molecule has 3 aromatic carbocycles. The van der Waals surface area contributed by atoms with Gasteiger partial charge in [-0.25, -0.2) is 9.78 Å². The van der Waals surface area contributed by atoms with Gasteiger partial charge in [-0.1, -0.05) is 109 Å². The van der Waals surface area contributed by atoms with Crippen molar-refractivity contribution in [3.8, 4) is 0 Å². The number of aromatic nitrogens is 1. The fraction of sp³-hybridized carbons (Fsp3) is 0.265. The number of rotatable bonds is 10. The maximum absolute atomic E-state index is 13.0. The van der Waals surface area contributed by atoms with Crippen LogP contribution in [0.5, 0.6) is 0 Å². The van der Waals surface area contributed by atoms with E-state index in [1.165, 1.54) is 6.42 Å². The van der Waals surface area contributed by atoms with Gasteiger partial charge in [0.15, 0.2) is 0 Å². The molecule has 6 heteroatoms. The molecule has 0 unspecified atom stereocenters. The molecule has 1 aromatic heterocycles. The summed E-state index contributed by atoms with van der Waals surface area (Å²) in [6.45, 7) is 2.01. The Morgan fingerprint density at radius 3 is 1.88 bits per heavy atom. The van der Waals surface area contributed by atoms with Crippen LogP contribution in [0, 0.1) is 0 Å². The number of carbonyl (C=O) groups is 1. The first kappa shape index (κ1) is 27.1. The largest absolute Gasteiger partial charge is 0.461 e. The molecule has 5 rings (SSSR count). The lowest BCUT2D eigenvalue weighted by Gasteiger charge is -2.37. The standard InChI is InChI=1S/C34H35N3O3/c1-2-39-33(38)32(37-40-29-22-13-6-14-23-29)30-24-15-25-31(35-30)36-34(26-16-7-3-8-17-26,27-18-9-4-10-19-27)28-20-11-5-12-21-28/h3-5,7-12,15-21,24-25,29H,2,6,13-14,22-23H2,1H3,(H,35,36)/b37-32+. The van der Waals surface area contributed by atoms with Gasteiger partial charge in [-0.2, -0.15) is 0 Å². The van der Waals surface area contributed by atoms with Gasteiger partial charge in [-0.3, -0.25) is 0 Å². The Kier molecular flexibility index (Phi) is 8.86. The molecule has 1 aliphatic rings. The number of benzene rings is 3. The van der Waals surface area contributed by atoms with E-state index in [1.54, 1.807) is 13.0 Å². The number of carbonyl (C=O) groups excluding carboxylic acids is 1. The summed E-state index contributed by atoms with van der Waals surface area (Å²) in [4.78, 5) is 23.7. The smallest absolute Gasteiger partial charge is 0.362 e. The molecule has 0 spiro atoms. The first-order chi connectivity index (χ1) is 19.7. The first-order valence-electron chi connectivity index (χ1n) is 14.0. The summed E-state index contributed by atoms with van der Waals surface area (Å²) in [5, 5.41) is 8.05. The Morgan fingerprint density at radius 2 is 1.35 bits per heavy atom. The summed E-state index contributed by atoms with van der Waals surface area (Å²) < 4.78 is 5.34. The molecule has 0 aliphatic heterocycles. The number of pyridine rings is 1. The van der Waals surface area contributed by atoms with Gasteiger partial charge in [0.2, 0.25) is 5.71 Å². The Balaban J connectivity index is 1.59. The van der Waals surface area contributed by atoms with Crippen LogP contribution < -0.4 is 5.32 Å². The minimum absolute atomic E-state index is 0.00127.